The molecule has 0 unspecified atom stereocenters. The van der Waals surface area contributed by atoms with Gasteiger partial charge in [-0.25, -0.2) is 9.97 Å². The lowest BCUT2D eigenvalue weighted by Crippen LogP contribution is -2.05. The Morgan fingerprint density at radius 3 is 2.60 bits per heavy atom. The highest BCUT2D eigenvalue weighted by molar-refractivity contribution is 5.76. The summed E-state index contributed by atoms with van der Waals surface area (Å²) in [4.78, 5) is 9.71. The van der Waals surface area contributed by atoms with Gasteiger partial charge >= 0.3 is 0 Å². The topological polar surface area (TPSA) is 50.9 Å². The van der Waals surface area contributed by atoms with Gasteiger partial charge in [0, 0.05) is 11.6 Å². The number of fused-ring (bicyclic) bond motifs is 1. The van der Waals surface area contributed by atoms with Crippen molar-refractivity contribution in [2.45, 2.75) is 39.2 Å². The van der Waals surface area contributed by atoms with Crippen molar-refractivity contribution in [2.75, 3.05) is 6.61 Å². The van der Waals surface area contributed by atoms with Crippen molar-refractivity contribution in [3.8, 4) is 0 Å². The van der Waals surface area contributed by atoms with Gasteiger partial charge in [0.1, 0.15) is 11.3 Å². The molecule has 0 atom stereocenters. The number of aliphatic hydroxyl groups is 1. The van der Waals surface area contributed by atoms with Crippen molar-refractivity contribution in [3.63, 3.8) is 0 Å². The molecule has 25 heavy (non-hydrogen) atoms. The quantitative estimate of drug-likeness (QED) is 0.768. The number of aliphatic hydroxyl groups excluding tert-OH is 1. The fourth-order valence-electron chi connectivity index (χ4n) is 3.33. The van der Waals surface area contributed by atoms with E-state index in [0.717, 1.165) is 29.0 Å². The van der Waals surface area contributed by atoms with E-state index in [1.165, 1.54) is 29.8 Å². The summed E-state index contributed by atoms with van der Waals surface area (Å²) in [6.07, 6.45) is 6.14. The van der Waals surface area contributed by atoms with Crippen LogP contribution in [0.5, 0.6) is 0 Å². The van der Waals surface area contributed by atoms with Gasteiger partial charge in [-0.05, 0) is 49.4 Å². The lowest BCUT2D eigenvalue weighted by Gasteiger charge is -2.09. The van der Waals surface area contributed by atoms with Crippen LogP contribution in [-0.4, -0.2) is 26.2 Å². The highest BCUT2D eigenvalue weighted by atomic mass is 16.2. The van der Waals surface area contributed by atoms with Crippen LogP contribution in [0.3, 0.4) is 0 Å². The largest absolute Gasteiger partial charge is 0.392 e. The van der Waals surface area contributed by atoms with Crippen LogP contribution in [0.2, 0.25) is 0 Å². The first kappa shape index (κ1) is 16.0. The number of nitrogens with zero attached hydrogens (tertiary/aromatic N) is 3. The monoisotopic (exact) mass is 333 g/mol. The minimum atomic E-state index is 0.0674. The number of rotatable bonds is 5. The van der Waals surface area contributed by atoms with Crippen molar-refractivity contribution in [1.82, 2.24) is 14.5 Å². The summed E-state index contributed by atoms with van der Waals surface area (Å²) in [5.74, 6) is 1.76. The minimum absolute atomic E-state index is 0.0674. The minimum Gasteiger partial charge on any atom is -0.392 e. The van der Waals surface area contributed by atoms with Crippen LogP contribution in [0, 0.1) is 13.8 Å². The smallest absolute Gasteiger partial charge is 0.160 e. The molecule has 0 amide bonds. The second-order valence-corrected chi connectivity index (χ2v) is 6.91. The molecular weight excluding hydrogens is 310 g/mol. The highest BCUT2D eigenvalue weighted by Crippen LogP contribution is 2.41. The standard InChI is InChI=1S/C21H23N3O/c1-14-12-15(2)22-21-19(14)23-20(18-9-10-18)24(21)13-17-7-5-16(6-8-17)4-3-11-25/h3-8,12,18,25H,9-11,13H2,1-2H3/b4-3+. The molecule has 1 aromatic carbocycles. The second-order valence-electron chi connectivity index (χ2n) is 6.91. The van der Waals surface area contributed by atoms with E-state index in [4.69, 9.17) is 15.1 Å². The third kappa shape index (κ3) is 3.22. The third-order valence-electron chi connectivity index (χ3n) is 4.73. The zero-order valence-electron chi connectivity index (χ0n) is 14.7. The Labute approximate surface area is 147 Å². The van der Waals surface area contributed by atoms with Gasteiger partial charge in [0.2, 0.25) is 0 Å². The van der Waals surface area contributed by atoms with Crippen molar-refractivity contribution in [2.24, 2.45) is 0 Å². The maximum atomic E-state index is 8.88. The fourth-order valence-corrected chi connectivity index (χ4v) is 3.33. The molecule has 4 nitrogen and oxygen atoms in total. The van der Waals surface area contributed by atoms with Gasteiger partial charge < -0.3 is 9.67 Å². The summed E-state index contributed by atoms with van der Waals surface area (Å²) in [6.45, 7) is 5.02. The van der Waals surface area contributed by atoms with Crippen molar-refractivity contribution < 1.29 is 5.11 Å². The zero-order chi connectivity index (χ0) is 17.4. The van der Waals surface area contributed by atoms with Crippen LogP contribution in [0.15, 0.2) is 36.4 Å². The molecule has 4 heteroatoms. The Morgan fingerprint density at radius 1 is 1.16 bits per heavy atom. The predicted molar refractivity (Wildman–Crippen MR) is 101 cm³/mol. The first-order chi connectivity index (χ1) is 12.2. The van der Waals surface area contributed by atoms with E-state index in [9.17, 15) is 0 Å². The molecule has 1 aliphatic rings. The summed E-state index contributed by atoms with van der Waals surface area (Å²) >= 11 is 0. The lowest BCUT2D eigenvalue weighted by atomic mass is 10.1. The van der Waals surface area contributed by atoms with Crippen molar-refractivity contribution in [1.29, 1.82) is 0 Å². The molecule has 1 saturated carbocycles. The van der Waals surface area contributed by atoms with Crippen LogP contribution in [0.4, 0.5) is 0 Å². The first-order valence-corrected chi connectivity index (χ1v) is 8.86. The molecule has 3 aromatic rings. The summed E-state index contributed by atoms with van der Waals surface area (Å²) in [5, 5.41) is 8.88. The number of pyridine rings is 1. The van der Waals surface area contributed by atoms with E-state index >= 15 is 0 Å². The molecule has 0 saturated heterocycles. The maximum Gasteiger partial charge on any atom is 0.160 e. The van der Waals surface area contributed by atoms with E-state index in [-0.39, 0.29) is 6.61 Å². The van der Waals surface area contributed by atoms with Crippen molar-refractivity contribution in [3.05, 3.63) is 64.6 Å². The maximum absolute atomic E-state index is 8.88. The lowest BCUT2D eigenvalue weighted by molar-refractivity contribution is 0.343. The Hall–Kier alpha value is -2.46. The Bertz CT molecular complexity index is 934. The molecule has 4 rings (SSSR count). The second kappa shape index (κ2) is 6.45. The molecule has 1 N–H and O–H groups in total. The van der Waals surface area contributed by atoms with Crippen LogP contribution < -0.4 is 0 Å². The molecule has 0 radical (unpaired) electrons. The Morgan fingerprint density at radius 2 is 1.92 bits per heavy atom. The predicted octanol–water partition coefficient (Wildman–Crippen LogP) is 3.98. The van der Waals surface area contributed by atoms with Crippen LogP contribution in [0.25, 0.3) is 17.2 Å². The van der Waals surface area contributed by atoms with E-state index < -0.39 is 0 Å². The van der Waals surface area contributed by atoms with Gasteiger partial charge in [0.15, 0.2) is 5.65 Å². The van der Waals surface area contributed by atoms with Crippen LogP contribution >= 0.6 is 0 Å². The van der Waals surface area contributed by atoms with Crippen LogP contribution in [0.1, 0.15) is 47.0 Å². The zero-order valence-corrected chi connectivity index (χ0v) is 14.7. The molecule has 1 fully saturated rings. The number of benzene rings is 1. The Kier molecular flexibility index (Phi) is 4.14. The van der Waals surface area contributed by atoms with E-state index in [2.05, 4.69) is 41.8 Å². The molecule has 128 valence electrons. The molecule has 2 aromatic heterocycles. The van der Waals surface area contributed by atoms with E-state index in [1.54, 1.807) is 6.08 Å². The van der Waals surface area contributed by atoms with Crippen LogP contribution in [-0.2, 0) is 6.54 Å². The van der Waals surface area contributed by atoms with Crippen molar-refractivity contribution >= 4 is 17.2 Å². The van der Waals surface area contributed by atoms with Gasteiger partial charge in [0.25, 0.3) is 0 Å². The van der Waals surface area contributed by atoms with E-state index in [1.807, 2.05) is 13.0 Å². The number of aromatic nitrogens is 3. The molecule has 0 aliphatic heterocycles. The summed E-state index contributed by atoms with van der Waals surface area (Å²) in [5.41, 5.74) is 6.62. The first-order valence-electron chi connectivity index (χ1n) is 8.86. The summed E-state index contributed by atoms with van der Waals surface area (Å²) in [6, 6.07) is 10.6. The fraction of sp³-hybridized carbons (Fsp3) is 0.333. The third-order valence-corrected chi connectivity index (χ3v) is 4.73. The Balaban J connectivity index is 1.73. The van der Waals surface area contributed by atoms with Gasteiger partial charge in [-0.3, -0.25) is 0 Å². The molecular formula is C21H23N3O. The average Bonchev–Trinajstić information content (AvgIpc) is 3.38. The summed E-state index contributed by atoms with van der Waals surface area (Å²) < 4.78 is 2.30. The van der Waals surface area contributed by atoms with Gasteiger partial charge in [0.05, 0.1) is 13.2 Å². The number of imidazole rings is 1. The number of hydrogen-bond acceptors (Lipinski definition) is 3. The van der Waals surface area contributed by atoms with Gasteiger partial charge in [-0.2, -0.15) is 0 Å². The average molecular weight is 333 g/mol. The molecule has 0 bridgehead atoms. The number of aryl methyl sites for hydroxylation is 2. The van der Waals surface area contributed by atoms with Gasteiger partial charge in [-0.1, -0.05) is 36.4 Å². The van der Waals surface area contributed by atoms with Gasteiger partial charge in [-0.15, -0.1) is 0 Å². The number of hydrogen-bond donors (Lipinski definition) is 1. The molecule has 0 spiro atoms. The van der Waals surface area contributed by atoms with E-state index in [0.29, 0.717) is 5.92 Å². The normalized spacial score (nSPS) is 14.7. The molecule has 2 heterocycles. The highest BCUT2D eigenvalue weighted by Gasteiger charge is 2.30. The SMILES string of the molecule is Cc1cc(C)c2nc(C3CC3)n(Cc3ccc(/C=C/CO)cc3)c2n1. The molecule has 1 aliphatic carbocycles. The summed E-state index contributed by atoms with van der Waals surface area (Å²) in [7, 11) is 0.